The molecular weight excluding hydrogens is 324 g/mol. The molecule has 0 radical (unpaired) electrons. The van der Waals surface area contributed by atoms with E-state index in [1.165, 1.54) is 6.20 Å². The molecule has 136 valence electrons. The maximum atomic E-state index is 12.6. The average Bonchev–Trinajstić information content (AvgIpc) is 2.66. The summed E-state index contributed by atoms with van der Waals surface area (Å²) in [6.45, 7) is 4.66. The van der Waals surface area contributed by atoms with E-state index in [1.54, 1.807) is 37.1 Å². The Morgan fingerprint density at radius 1 is 1.36 bits per heavy atom. The summed E-state index contributed by atoms with van der Waals surface area (Å²) < 4.78 is 10.5. The molecule has 0 aliphatic carbocycles. The number of carbonyl (C=O) groups is 3. The van der Waals surface area contributed by atoms with Gasteiger partial charge in [0.2, 0.25) is 12.0 Å². The molecule has 0 spiro atoms. The summed E-state index contributed by atoms with van der Waals surface area (Å²) in [6.07, 6.45) is 3.68. The number of piperidine rings is 1. The smallest absolute Gasteiger partial charge is 0.352 e. The highest BCUT2D eigenvalue weighted by Crippen LogP contribution is 2.24. The normalized spacial score (nSPS) is 18.3. The van der Waals surface area contributed by atoms with Gasteiger partial charge in [0, 0.05) is 37.5 Å². The average molecular weight is 348 g/mol. The van der Waals surface area contributed by atoms with E-state index in [-0.39, 0.29) is 12.5 Å². The molecule has 7 heteroatoms. The number of ether oxygens (including phenoxy) is 2. The van der Waals surface area contributed by atoms with E-state index in [0.29, 0.717) is 31.5 Å². The lowest BCUT2D eigenvalue weighted by Crippen LogP contribution is -2.43. The van der Waals surface area contributed by atoms with E-state index in [0.717, 1.165) is 6.42 Å². The van der Waals surface area contributed by atoms with Crippen LogP contribution in [0.15, 0.2) is 24.5 Å². The molecule has 0 unspecified atom stereocenters. The van der Waals surface area contributed by atoms with Gasteiger partial charge < -0.3 is 14.4 Å². The molecule has 7 nitrogen and oxygen atoms in total. The fraction of sp³-hybridized carbons (Fsp3) is 0.556. The molecule has 1 fully saturated rings. The Labute approximate surface area is 147 Å². The van der Waals surface area contributed by atoms with Gasteiger partial charge in [-0.05, 0) is 25.8 Å². The van der Waals surface area contributed by atoms with Crippen molar-refractivity contribution in [3.63, 3.8) is 0 Å². The maximum Gasteiger partial charge on any atom is 0.352 e. The van der Waals surface area contributed by atoms with Gasteiger partial charge in [-0.3, -0.25) is 14.6 Å². The Bertz CT molecular complexity index is 605. The monoisotopic (exact) mass is 348 g/mol. The van der Waals surface area contributed by atoms with Crippen LogP contribution in [0.1, 0.15) is 44.8 Å². The largest absolute Gasteiger partial charge is 0.463 e. The third-order valence-corrected chi connectivity index (χ3v) is 4.13. The Hall–Kier alpha value is -2.44. The van der Waals surface area contributed by atoms with Gasteiger partial charge in [-0.2, -0.15) is 0 Å². The van der Waals surface area contributed by atoms with Crippen LogP contribution in [-0.4, -0.2) is 47.4 Å². The summed E-state index contributed by atoms with van der Waals surface area (Å²) in [7, 11) is 0. The van der Waals surface area contributed by atoms with Crippen LogP contribution in [0.5, 0.6) is 0 Å². The van der Waals surface area contributed by atoms with Crippen molar-refractivity contribution in [3.05, 3.63) is 30.1 Å². The number of nitrogens with zero attached hydrogens (tertiary/aromatic N) is 2. The van der Waals surface area contributed by atoms with E-state index >= 15 is 0 Å². The van der Waals surface area contributed by atoms with Crippen molar-refractivity contribution in [2.45, 2.75) is 39.2 Å². The lowest BCUT2D eigenvalue weighted by molar-refractivity contribution is -0.172. The highest BCUT2D eigenvalue weighted by atomic mass is 16.6. The third-order valence-electron chi connectivity index (χ3n) is 4.13. The molecule has 2 rings (SSSR count). The van der Waals surface area contributed by atoms with Crippen LogP contribution in [0.2, 0.25) is 0 Å². The minimum Gasteiger partial charge on any atom is -0.463 e. The molecule has 0 aromatic carbocycles. The molecule has 2 atom stereocenters. The summed E-state index contributed by atoms with van der Waals surface area (Å²) >= 11 is 0. The number of amides is 1. The van der Waals surface area contributed by atoms with E-state index in [1.807, 2.05) is 0 Å². The molecule has 1 aliphatic heterocycles. The molecule has 1 saturated heterocycles. The summed E-state index contributed by atoms with van der Waals surface area (Å²) in [5.74, 6) is -1.53. The van der Waals surface area contributed by atoms with Crippen LogP contribution < -0.4 is 0 Å². The molecule has 1 amide bonds. The minimum atomic E-state index is -1.14. The van der Waals surface area contributed by atoms with Crippen LogP contribution in [0.25, 0.3) is 0 Å². The minimum absolute atomic E-state index is 0.0201. The summed E-state index contributed by atoms with van der Waals surface area (Å²) in [4.78, 5) is 42.3. The van der Waals surface area contributed by atoms with Gasteiger partial charge in [0.25, 0.3) is 0 Å². The van der Waals surface area contributed by atoms with E-state index < -0.39 is 24.0 Å². The van der Waals surface area contributed by atoms with Crippen molar-refractivity contribution < 1.29 is 23.9 Å². The second-order valence-electron chi connectivity index (χ2n) is 5.89. The third kappa shape index (κ3) is 5.01. The van der Waals surface area contributed by atoms with Crippen molar-refractivity contribution >= 4 is 17.8 Å². The standard InChI is InChI=1S/C18H24N2O5/c1-3-15(21)20-10-6-8-14(12-20)17(22)25-16(18(23)24-4-2)13-7-5-9-19-11-13/h5,7,9,11,14,16H,3-4,6,8,10,12H2,1-2H3/t14-,16+/m0/s1. The lowest BCUT2D eigenvalue weighted by Gasteiger charge is -2.32. The molecule has 1 aliphatic rings. The van der Waals surface area contributed by atoms with Crippen LogP contribution in [0, 0.1) is 5.92 Å². The highest BCUT2D eigenvalue weighted by molar-refractivity contribution is 5.82. The lowest BCUT2D eigenvalue weighted by atomic mass is 9.97. The Morgan fingerprint density at radius 2 is 2.16 bits per heavy atom. The van der Waals surface area contributed by atoms with Crippen LogP contribution in [0.3, 0.4) is 0 Å². The van der Waals surface area contributed by atoms with Gasteiger partial charge in [0.15, 0.2) is 0 Å². The number of pyridine rings is 1. The Kier molecular flexibility index (Phi) is 6.91. The van der Waals surface area contributed by atoms with Crippen molar-refractivity contribution in [2.24, 2.45) is 5.92 Å². The first kappa shape index (κ1) is 18.9. The van der Waals surface area contributed by atoms with Gasteiger partial charge >= 0.3 is 11.9 Å². The quantitative estimate of drug-likeness (QED) is 0.730. The summed E-state index contributed by atoms with van der Waals surface area (Å²) in [5, 5.41) is 0. The molecule has 0 N–H and O–H groups in total. The zero-order chi connectivity index (χ0) is 18.2. The molecular formula is C18H24N2O5. The second-order valence-corrected chi connectivity index (χ2v) is 5.89. The number of aromatic nitrogens is 1. The predicted octanol–water partition coefficient (Wildman–Crippen LogP) is 1.88. The number of hydrogen-bond acceptors (Lipinski definition) is 6. The van der Waals surface area contributed by atoms with Gasteiger partial charge in [-0.1, -0.05) is 13.0 Å². The number of esters is 2. The van der Waals surface area contributed by atoms with E-state index in [9.17, 15) is 14.4 Å². The predicted molar refractivity (Wildman–Crippen MR) is 89.3 cm³/mol. The molecule has 2 heterocycles. The van der Waals surface area contributed by atoms with Crippen LogP contribution >= 0.6 is 0 Å². The first-order chi connectivity index (χ1) is 12.1. The number of hydrogen-bond donors (Lipinski definition) is 0. The van der Waals surface area contributed by atoms with E-state index in [2.05, 4.69) is 4.98 Å². The van der Waals surface area contributed by atoms with Gasteiger partial charge in [0.1, 0.15) is 0 Å². The van der Waals surface area contributed by atoms with E-state index in [4.69, 9.17) is 9.47 Å². The van der Waals surface area contributed by atoms with Crippen molar-refractivity contribution in [3.8, 4) is 0 Å². The molecule has 0 bridgehead atoms. The first-order valence-corrected chi connectivity index (χ1v) is 8.61. The molecule has 0 saturated carbocycles. The van der Waals surface area contributed by atoms with Crippen LogP contribution in [0.4, 0.5) is 0 Å². The Balaban J connectivity index is 2.08. The summed E-state index contributed by atoms with van der Waals surface area (Å²) in [5.41, 5.74) is 0.464. The van der Waals surface area contributed by atoms with Gasteiger partial charge in [-0.15, -0.1) is 0 Å². The van der Waals surface area contributed by atoms with Crippen LogP contribution in [-0.2, 0) is 23.9 Å². The van der Waals surface area contributed by atoms with Crippen molar-refractivity contribution in [1.82, 2.24) is 9.88 Å². The van der Waals surface area contributed by atoms with Gasteiger partial charge in [0.05, 0.1) is 12.5 Å². The topological polar surface area (TPSA) is 85.8 Å². The number of likely N-dealkylation sites (tertiary alicyclic amines) is 1. The maximum absolute atomic E-state index is 12.6. The zero-order valence-corrected chi connectivity index (χ0v) is 14.6. The number of rotatable bonds is 6. The Morgan fingerprint density at radius 3 is 2.80 bits per heavy atom. The fourth-order valence-electron chi connectivity index (χ4n) is 2.83. The van der Waals surface area contributed by atoms with Crippen molar-refractivity contribution in [1.29, 1.82) is 0 Å². The number of carbonyl (C=O) groups excluding carboxylic acids is 3. The molecule has 1 aromatic heterocycles. The molecule has 25 heavy (non-hydrogen) atoms. The van der Waals surface area contributed by atoms with Gasteiger partial charge in [-0.25, -0.2) is 4.79 Å². The first-order valence-electron chi connectivity index (χ1n) is 8.61. The molecule has 1 aromatic rings. The summed E-state index contributed by atoms with van der Waals surface area (Å²) in [6, 6.07) is 3.33. The SMILES string of the molecule is CCOC(=O)[C@H](OC(=O)[C@H]1CCCN(C(=O)CC)C1)c1cccnc1. The highest BCUT2D eigenvalue weighted by Gasteiger charge is 2.33. The zero-order valence-electron chi connectivity index (χ0n) is 14.6. The second kappa shape index (κ2) is 9.15. The van der Waals surface area contributed by atoms with Crippen molar-refractivity contribution in [2.75, 3.05) is 19.7 Å². The fourth-order valence-corrected chi connectivity index (χ4v) is 2.83.